The van der Waals surface area contributed by atoms with Crippen LogP contribution in [0.5, 0.6) is 0 Å². The zero-order valence-corrected chi connectivity index (χ0v) is 15.4. The lowest BCUT2D eigenvalue weighted by atomic mass is 10.1. The van der Waals surface area contributed by atoms with Crippen LogP contribution in [0.4, 0.5) is 21.8 Å². The van der Waals surface area contributed by atoms with E-state index in [4.69, 9.17) is 4.42 Å². The van der Waals surface area contributed by atoms with Gasteiger partial charge in [-0.15, -0.1) is 0 Å². The molecule has 0 aliphatic carbocycles. The van der Waals surface area contributed by atoms with Crippen molar-refractivity contribution in [1.29, 1.82) is 0 Å². The van der Waals surface area contributed by atoms with E-state index in [2.05, 4.69) is 20.7 Å². The van der Waals surface area contributed by atoms with Gasteiger partial charge in [0.25, 0.3) is 0 Å². The molecule has 0 aliphatic rings. The SMILES string of the molecule is Cc1cc(CF)cc(Nc2ncc(C)c(Nn3c(=O)oc4ccccc43)n2)c1. The van der Waals surface area contributed by atoms with E-state index < -0.39 is 12.4 Å². The van der Waals surface area contributed by atoms with E-state index in [1.807, 2.05) is 26.0 Å². The van der Waals surface area contributed by atoms with E-state index in [0.717, 1.165) is 11.1 Å². The Balaban J connectivity index is 1.67. The Morgan fingerprint density at radius 1 is 1.18 bits per heavy atom. The molecule has 0 spiro atoms. The van der Waals surface area contributed by atoms with Crippen molar-refractivity contribution in [1.82, 2.24) is 14.6 Å². The maximum atomic E-state index is 13.0. The van der Waals surface area contributed by atoms with Gasteiger partial charge in [0.05, 0.1) is 0 Å². The molecule has 0 bridgehead atoms. The Morgan fingerprint density at radius 3 is 2.82 bits per heavy atom. The van der Waals surface area contributed by atoms with E-state index in [1.165, 1.54) is 4.68 Å². The van der Waals surface area contributed by atoms with E-state index in [9.17, 15) is 9.18 Å². The fourth-order valence-corrected chi connectivity index (χ4v) is 2.93. The summed E-state index contributed by atoms with van der Waals surface area (Å²) in [6, 6.07) is 12.5. The number of rotatable bonds is 5. The van der Waals surface area contributed by atoms with Gasteiger partial charge in [-0.25, -0.2) is 14.2 Å². The highest BCUT2D eigenvalue weighted by Gasteiger charge is 2.12. The minimum Gasteiger partial charge on any atom is -0.406 e. The molecule has 0 radical (unpaired) electrons. The first-order valence-electron chi connectivity index (χ1n) is 8.68. The molecule has 2 aromatic carbocycles. The van der Waals surface area contributed by atoms with Gasteiger partial charge in [-0.3, -0.25) is 5.43 Å². The first-order chi connectivity index (χ1) is 13.5. The fourth-order valence-electron chi connectivity index (χ4n) is 2.93. The lowest BCUT2D eigenvalue weighted by Gasteiger charge is -2.12. The van der Waals surface area contributed by atoms with E-state index >= 15 is 0 Å². The number of para-hydroxylation sites is 2. The summed E-state index contributed by atoms with van der Waals surface area (Å²) in [6.07, 6.45) is 1.64. The molecule has 142 valence electrons. The summed E-state index contributed by atoms with van der Waals surface area (Å²) in [4.78, 5) is 20.9. The topological polar surface area (TPSA) is 85.0 Å². The Kier molecular flexibility index (Phi) is 4.52. The van der Waals surface area contributed by atoms with Gasteiger partial charge in [-0.2, -0.15) is 9.66 Å². The highest BCUT2D eigenvalue weighted by Crippen LogP contribution is 2.21. The van der Waals surface area contributed by atoms with E-state index in [1.54, 1.807) is 36.5 Å². The standard InChI is InChI=1S/C20H18FN5O2/c1-12-7-14(10-21)9-15(8-12)23-19-22-11-13(2)18(24-19)25-26-16-5-3-4-6-17(16)28-20(26)27/h3-9,11H,10H2,1-2H3,(H2,22,23,24,25). The number of hydrogen-bond acceptors (Lipinski definition) is 6. The summed E-state index contributed by atoms with van der Waals surface area (Å²) in [5.74, 6) is 0.230. The molecule has 2 heterocycles. The van der Waals surface area contributed by atoms with E-state index in [0.29, 0.717) is 34.1 Å². The van der Waals surface area contributed by atoms with Gasteiger partial charge in [-0.05, 0) is 49.2 Å². The third-order valence-electron chi connectivity index (χ3n) is 4.22. The number of anilines is 3. The summed E-state index contributed by atoms with van der Waals surface area (Å²) >= 11 is 0. The van der Waals surface area contributed by atoms with Crippen LogP contribution in [0.1, 0.15) is 16.7 Å². The lowest BCUT2D eigenvalue weighted by Crippen LogP contribution is -2.23. The van der Waals surface area contributed by atoms with Crippen LogP contribution in [0.2, 0.25) is 0 Å². The van der Waals surface area contributed by atoms with Crippen LogP contribution >= 0.6 is 0 Å². The number of nitrogens with zero attached hydrogens (tertiary/aromatic N) is 3. The van der Waals surface area contributed by atoms with Gasteiger partial charge in [0, 0.05) is 17.4 Å². The monoisotopic (exact) mass is 379 g/mol. The quantitative estimate of drug-likeness (QED) is 0.543. The number of alkyl halides is 1. The second kappa shape index (κ2) is 7.15. The normalized spacial score (nSPS) is 11.0. The predicted molar refractivity (Wildman–Crippen MR) is 106 cm³/mol. The summed E-state index contributed by atoms with van der Waals surface area (Å²) in [6.45, 7) is 3.17. The molecule has 4 rings (SSSR count). The third kappa shape index (κ3) is 3.44. The summed E-state index contributed by atoms with van der Waals surface area (Å²) < 4.78 is 19.5. The second-order valence-electron chi connectivity index (χ2n) is 6.47. The molecule has 28 heavy (non-hydrogen) atoms. The molecule has 0 atom stereocenters. The van der Waals surface area contributed by atoms with Crippen molar-refractivity contribution in [3.8, 4) is 0 Å². The highest BCUT2D eigenvalue weighted by atomic mass is 19.1. The lowest BCUT2D eigenvalue weighted by molar-refractivity contribution is 0.485. The van der Waals surface area contributed by atoms with Gasteiger partial charge in [0.2, 0.25) is 5.95 Å². The van der Waals surface area contributed by atoms with Gasteiger partial charge in [-0.1, -0.05) is 18.2 Å². The van der Waals surface area contributed by atoms with Crippen molar-refractivity contribution in [3.05, 3.63) is 75.9 Å². The van der Waals surface area contributed by atoms with Gasteiger partial charge < -0.3 is 9.73 Å². The third-order valence-corrected chi connectivity index (χ3v) is 4.22. The minimum absolute atomic E-state index is 0.323. The van der Waals surface area contributed by atoms with Gasteiger partial charge >= 0.3 is 5.76 Å². The number of aryl methyl sites for hydroxylation is 2. The Labute approximate surface area is 159 Å². The molecule has 2 aromatic heterocycles. The molecule has 0 amide bonds. The fraction of sp³-hybridized carbons (Fsp3) is 0.150. The Bertz CT molecular complexity index is 1210. The molecule has 0 fully saturated rings. The number of fused-ring (bicyclic) bond motifs is 1. The van der Waals surface area contributed by atoms with Gasteiger partial charge in [0.15, 0.2) is 11.4 Å². The molecule has 8 heteroatoms. The number of oxazole rings is 1. The molecule has 4 aromatic rings. The maximum absolute atomic E-state index is 13.0. The van der Waals surface area contributed by atoms with Crippen LogP contribution in [-0.2, 0) is 6.67 Å². The van der Waals surface area contributed by atoms with Crippen LogP contribution in [0.15, 0.2) is 57.9 Å². The van der Waals surface area contributed by atoms with Crippen LogP contribution in [0.25, 0.3) is 11.1 Å². The Hall–Kier alpha value is -3.68. The van der Waals surface area contributed by atoms with Crippen molar-refractivity contribution in [3.63, 3.8) is 0 Å². The van der Waals surface area contributed by atoms with Crippen molar-refractivity contribution in [2.24, 2.45) is 0 Å². The smallest absolute Gasteiger partial charge is 0.406 e. The zero-order valence-electron chi connectivity index (χ0n) is 15.4. The van der Waals surface area contributed by atoms with E-state index in [-0.39, 0.29) is 0 Å². The molecule has 2 N–H and O–H groups in total. The molecular formula is C20H18FN5O2. The van der Waals surface area contributed by atoms with Crippen LogP contribution in [0, 0.1) is 13.8 Å². The largest absolute Gasteiger partial charge is 0.439 e. The summed E-state index contributed by atoms with van der Waals surface area (Å²) in [5.41, 5.74) is 7.00. The minimum atomic E-state index is -0.547. The number of halogens is 1. The number of benzene rings is 2. The first kappa shape index (κ1) is 17.7. The van der Waals surface area contributed by atoms with Crippen LogP contribution in [0.3, 0.4) is 0 Å². The highest BCUT2D eigenvalue weighted by molar-refractivity contribution is 5.73. The second-order valence-corrected chi connectivity index (χ2v) is 6.47. The molecule has 0 aliphatic heterocycles. The van der Waals surface area contributed by atoms with Crippen molar-refractivity contribution in [2.45, 2.75) is 20.5 Å². The summed E-state index contributed by atoms with van der Waals surface area (Å²) in [7, 11) is 0. The first-order valence-corrected chi connectivity index (χ1v) is 8.68. The molecule has 7 nitrogen and oxygen atoms in total. The van der Waals surface area contributed by atoms with Gasteiger partial charge in [0.1, 0.15) is 12.2 Å². The predicted octanol–water partition coefficient (Wildman–Crippen LogP) is 4.09. The number of aromatic nitrogens is 3. The number of nitrogens with one attached hydrogen (secondary N) is 2. The Morgan fingerprint density at radius 2 is 2.00 bits per heavy atom. The molecule has 0 unspecified atom stereocenters. The molecular weight excluding hydrogens is 361 g/mol. The average molecular weight is 379 g/mol. The van der Waals surface area contributed by atoms with Crippen molar-refractivity contribution in [2.75, 3.05) is 10.7 Å². The molecule has 0 saturated heterocycles. The number of hydrogen-bond donors (Lipinski definition) is 2. The van der Waals surface area contributed by atoms with Crippen LogP contribution in [-0.4, -0.2) is 14.6 Å². The summed E-state index contributed by atoms with van der Waals surface area (Å²) in [5, 5.41) is 3.08. The zero-order chi connectivity index (χ0) is 19.7. The van der Waals surface area contributed by atoms with Crippen LogP contribution < -0.4 is 16.5 Å². The molecule has 0 saturated carbocycles. The average Bonchev–Trinajstić information content (AvgIpc) is 2.99. The van der Waals surface area contributed by atoms with Crippen molar-refractivity contribution < 1.29 is 8.81 Å². The van der Waals surface area contributed by atoms with Crippen molar-refractivity contribution >= 4 is 28.6 Å². The maximum Gasteiger partial charge on any atom is 0.439 e.